The van der Waals surface area contributed by atoms with Gasteiger partial charge in [-0.3, -0.25) is 28.8 Å². The fourth-order valence-electron chi connectivity index (χ4n) is 2.19. The Hall–Kier alpha value is -3.47. The van der Waals surface area contributed by atoms with Gasteiger partial charge in [-0.1, -0.05) is 11.6 Å². The second-order valence-corrected chi connectivity index (χ2v) is 5.79. The molecule has 2 rings (SSSR count). The number of nitrogens with two attached hydrogens (primary N) is 1. The van der Waals surface area contributed by atoms with E-state index < -0.39 is 45.8 Å². The molecule has 0 unspecified atom stereocenters. The first-order valence-corrected chi connectivity index (χ1v) is 7.63. The number of non-ortho nitro benzene ring substituents is 1. The van der Waals surface area contributed by atoms with Gasteiger partial charge in [-0.25, -0.2) is 9.59 Å². The minimum absolute atomic E-state index is 0.115. The van der Waals surface area contributed by atoms with E-state index in [0.717, 1.165) is 29.8 Å². The Morgan fingerprint density at radius 3 is 2.48 bits per heavy atom. The van der Waals surface area contributed by atoms with Crippen LogP contribution in [-0.4, -0.2) is 32.4 Å². The number of hydrogen-bond donors (Lipinski definition) is 1. The molecule has 0 saturated heterocycles. The van der Waals surface area contributed by atoms with Crippen molar-refractivity contribution in [1.29, 1.82) is 0 Å². The van der Waals surface area contributed by atoms with E-state index in [-0.39, 0.29) is 16.4 Å². The van der Waals surface area contributed by atoms with Crippen LogP contribution >= 0.6 is 11.6 Å². The molecule has 0 aliphatic heterocycles. The molecule has 11 nitrogen and oxygen atoms in total. The lowest BCUT2D eigenvalue weighted by molar-refractivity contribution is -0.384. The maximum Gasteiger partial charge on any atom is 0.340 e. The van der Waals surface area contributed by atoms with Crippen LogP contribution in [0.25, 0.3) is 0 Å². The number of hydrogen-bond acceptors (Lipinski definition) is 8. The van der Waals surface area contributed by atoms with Crippen LogP contribution in [0, 0.1) is 10.1 Å². The zero-order valence-electron chi connectivity index (χ0n) is 14.1. The SMILES string of the molecule is Cn1c(N)c(C(=O)COC(=O)c2cc([N+](=O)[O-])ccc2Cl)c(=O)n(C)c1=O. The van der Waals surface area contributed by atoms with Gasteiger partial charge in [0.15, 0.2) is 6.61 Å². The Bertz CT molecular complexity index is 1090. The molecule has 0 spiro atoms. The highest BCUT2D eigenvalue weighted by Gasteiger charge is 2.23. The summed E-state index contributed by atoms with van der Waals surface area (Å²) in [5.74, 6) is -2.42. The zero-order chi connectivity index (χ0) is 20.5. The van der Waals surface area contributed by atoms with Crippen molar-refractivity contribution in [3.8, 4) is 0 Å². The lowest BCUT2D eigenvalue weighted by atomic mass is 10.2. The van der Waals surface area contributed by atoms with Gasteiger partial charge in [0.25, 0.3) is 11.2 Å². The predicted molar refractivity (Wildman–Crippen MR) is 94.1 cm³/mol. The molecule has 0 aliphatic carbocycles. The number of nitro benzene ring substituents is 1. The van der Waals surface area contributed by atoms with Crippen molar-refractivity contribution >= 4 is 34.9 Å². The Balaban J connectivity index is 2.28. The molecule has 0 aliphatic rings. The van der Waals surface area contributed by atoms with Crippen molar-refractivity contribution in [2.45, 2.75) is 0 Å². The van der Waals surface area contributed by atoms with Gasteiger partial charge in [-0.05, 0) is 6.07 Å². The molecule has 12 heteroatoms. The number of nitro groups is 1. The maximum absolute atomic E-state index is 12.3. The van der Waals surface area contributed by atoms with E-state index in [9.17, 15) is 29.3 Å². The van der Waals surface area contributed by atoms with Gasteiger partial charge in [-0.2, -0.15) is 0 Å². The van der Waals surface area contributed by atoms with E-state index in [2.05, 4.69) is 0 Å². The van der Waals surface area contributed by atoms with E-state index in [1.54, 1.807) is 0 Å². The smallest absolute Gasteiger partial charge is 0.340 e. The normalized spacial score (nSPS) is 10.5. The number of Topliss-reactive ketones (excluding diaryl/α,β-unsaturated/α-hetero) is 1. The van der Waals surface area contributed by atoms with Crippen LogP contribution in [-0.2, 0) is 18.8 Å². The van der Waals surface area contributed by atoms with E-state index in [0.29, 0.717) is 4.57 Å². The summed E-state index contributed by atoms with van der Waals surface area (Å²) in [7, 11) is 2.43. The summed E-state index contributed by atoms with van der Waals surface area (Å²) in [4.78, 5) is 58.3. The van der Waals surface area contributed by atoms with Crippen LogP contribution in [0.4, 0.5) is 11.5 Å². The van der Waals surface area contributed by atoms with Crippen molar-refractivity contribution < 1.29 is 19.2 Å². The predicted octanol–water partition coefficient (Wildman–Crippen LogP) is 0.267. The average molecular weight is 397 g/mol. The molecular formula is C15H13ClN4O7. The first-order chi connectivity index (χ1) is 12.6. The summed E-state index contributed by atoms with van der Waals surface area (Å²) in [6, 6.07) is 3.13. The molecule has 0 bridgehead atoms. The number of anilines is 1. The number of esters is 1. The topological polar surface area (TPSA) is 157 Å². The molecular weight excluding hydrogens is 384 g/mol. The maximum atomic E-state index is 12.3. The molecule has 0 atom stereocenters. The van der Waals surface area contributed by atoms with Crippen molar-refractivity contribution in [2.24, 2.45) is 14.1 Å². The first-order valence-electron chi connectivity index (χ1n) is 7.26. The molecule has 27 heavy (non-hydrogen) atoms. The van der Waals surface area contributed by atoms with Crippen LogP contribution in [0.2, 0.25) is 5.02 Å². The molecule has 2 N–H and O–H groups in total. The molecule has 0 amide bonds. The summed E-state index contributed by atoms with van der Waals surface area (Å²) in [6.07, 6.45) is 0. The highest BCUT2D eigenvalue weighted by atomic mass is 35.5. The van der Waals surface area contributed by atoms with Gasteiger partial charge in [0, 0.05) is 26.2 Å². The Morgan fingerprint density at radius 2 is 1.89 bits per heavy atom. The Kier molecular flexibility index (Phi) is 5.45. The standard InChI is InChI=1S/C15H13ClN4O7/c1-18-12(17)11(13(22)19(2)15(18)24)10(21)6-27-14(23)8-5-7(20(25)26)3-4-9(8)16/h3-5H,6,17H2,1-2H3. The molecule has 1 aromatic carbocycles. The third-order valence-corrected chi connectivity index (χ3v) is 4.03. The lowest BCUT2D eigenvalue weighted by Crippen LogP contribution is -2.42. The Labute approximate surface area is 155 Å². The lowest BCUT2D eigenvalue weighted by Gasteiger charge is -2.11. The highest BCUT2D eigenvalue weighted by molar-refractivity contribution is 6.33. The molecule has 2 aromatic rings. The minimum Gasteiger partial charge on any atom is -0.454 e. The Morgan fingerprint density at radius 1 is 1.26 bits per heavy atom. The number of ketones is 1. The van der Waals surface area contributed by atoms with E-state index in [4.69, 9.17) is 22.1 Å². The van der Waals surface area contributed by atoms with Crippen molar-refractivity contribution in [1.82, 2.24) is 9.13 Å². The van der Waals surface area contributed by atoms with Crippen molar-refractivity contribution in [3.63, 3.8) is 0 Å². The molecule has 1 heterocycles. The number of nitrogen functional groups attached to an aromatic ring is 1. The first kappa shape index (κ1) is 19.8. The number of benzene rings is 1. The van der Waals surface area contributed by atoms with E-state index >= 15 is 0 Å². The number of rotatable bonds is 5. The van der Waals surface area contributed by atoms with Gasteiger partial charge >= 0.3 is 11.7 Å². The zero-order valence-corrected chi connectivity index (χ0v) is 14.8. The van der Waals surface area contributed by atoms with Crippen LogP contribution in [0.1, 0.15) is 20.7 Å². The molecule has 1 aromatic heterocycles. The molecule has 0 saturated carbocycles. The number of aromatic nitrogens is 2. The molecule has 0 fully saturated rings. The fourth-order valence-corrected chi connectivity index (χ4v) is 2.38. The number of carbonyl (C=O) groups is 2. The summed E-state index contributed by atoms with van der Waals surface area (Å²) >= 11 is 5.82. The largest absolute Gasteiger partial charge is 0.454 e. The van der Waals surface area contributed by atoms with Crippen molar-refractivity contribution in [2.75, 3.05) is 12.3 Å². The van der Waals surface area contributed by atoms with Gasteiger partial charge < -0.3 is 10.5 Å². The molecule has 142 valence electrons. The average Bonchev–Trinajstić information content (AvgIpc) is 2.63. The van der Waals surface area contributed by atoms with E-state index in [1.165, 1.54) is 7.05 Å². The monoisotopic (exact) mass is 396 g/mol. The summed E-state index contributed by atoms with van der Waals surface area (Å²) in [6.45, 7) is -0.879. The van der Waals surface area contributed by atoms with Crippen LogP contribution < -0.4 is 17.0 Å². The van der Waals surface area contributed by atoms with E-state index in [1.807, 2.05) is 0 Å². The third-order valence-electron chi connectivity index (χ3n) is 3.70. The number of ether oxygens (including phenoxy) is 1. The van der Waals surface area contributed by atoms with Gasteiger partial charge in [-0.15, -0.1) is 0 Å². The second kappa shape index (κ2) is 7.41. The van der Waals surface area contributed by atoms with Gasteiger partial charge in [0.1, 0.15) is 11.4 Å². The quantitative estimate of drug-likeness (QED) is 0.326. The molecule has 0 radical (unpaired) electrons. The fraction of sp³-hybridized carbons (Fsp3) is 0.200. The van der Waals surface area contributed by atoms with Crippen LogP contribution in [0.15, 0.2) is 27.8 Å². The van der Waals surface area contributed by atoms with Gasteiger partial charge in [0.05, 0.1) is 15.5 Å². The number of carbonyl (C=O) groups excluding carboxylic acids is 2. The highest BCUT2D eigenvalue weighted by Crippen LogP contribution is 2.22. The summed E-state index contributed by atoms with van der Waals surface area (Å²) in [5, 5.41) is 10.7. The second-order valence-electron chi connectivity index (χ2n) is 5.39. The number of halogens is 1. The van der Waals surface area contributed by atoms with Crippen molar-refractivity contribution in [3.05, 3.63) is 65.3 Å². The number of nitrogens with zero attached hydrogens (tertiary/aromatic N) is 3. The van der Waals surface area contributed by atoms with Gasteiger partial charge in [0.2, 0.25) is 5.78 Å². The summed E-state index contributed by atoms with van der Waals surface area (Å²) in [5.41, 5.74) is 2.74. The third kappa shape index (κ3) is 3.72. The summed E-state index contributed by atoms with van der Waals surface area (Å²) < 4.78 is 6.37. The van der Waals surface area contributed by atoms with Crippen LogP contribution in [0.5, 0.6) is 0 Å². The minimum atomic E-state index is -1.10. The van der Waals surface area contributed by atoms with Crippen LogP contribution in [0.3, 0.4) is 0 Å².